The Hall–Kier alpha value is -1.55. The maximum atomic E-state index is 12.1. The number of para-hydroxylation sites is 1. The molecule has 1 aromatic rings. The fourth-order valence-electron chi connectivity index (χ4n) is 3.17. The van der Waals surface area contributed by atoms with E-state index >= 15 is 0 Å². The average molecular weight is 245 g/mol. The van der Waals surface area contributed by atoms with Gasteiger partial charge in [-0.1, -0.05) is 18.2 Å². The van der Waals surface area contributed by atoms with E-state index in [0.717, 1.165) is 31.6 Å². The highest BCUT2D eigenvalue weighted by molar-refractivity contribution is 5.93. The minimum Gasteiger partial charge on any atom is -0.318 e. The van der Waals surface area contributed by atoms with Gasteiger partial charge in [-0.15, -0.1) is 0 Å². The Kier molecular flexibility index (Phi) is 2.55. The van der Waals surface area contributed by atoms with E-state index in [-0.39, 0.29) is 11.6 Å². The van der Waals surface area contributed by atoms with Crippen LogP contribution in [-0.2, 0) is 5.54 Å². The lowest BCUT2D eigenvalue weighted by molar-refractivity contribution is 0.0697. The van der Waals surface area contributed by atoms with Crippen molar-refractivity contribution in [3.05, 3.63) is 29.8 Å². The van der Waals surface area contributed by atoms with E-state index in [2.05, 4.69) is 29.4 Å². The van der Waals surface area contributed by atoms with E-state index in [0.29, 0.717) is 0 Å². The minimum absolute atomic E-state index is 0.0123. The maximum absolute atomic E-state index is 12.1. The largest absolute Gasteiger partial charge is 0.322 e. The lowest BCUT2D eigenvalue weighted by Gasteiger charge is -2.50. The summed E-state index contributed by atoms with van der Waals surface area (Å²) in [5.41, 5.74) is 2.12. The molecule has 1 aromatic carbocycles. The number of nitrogens with zero attached hydrogens (tertiary/aromatic N) is 2. The van der Waals surface area contributed by atoms with Crippen molar-refractivity contribution < 1.29 is 4.79 Å². The zero-order valence-electron chi connectivity index (χ0n) is 10.9. The van der Waals surface area contributed by atoms with Crippen LogP contribution in [0, 0.1) is 0 Å². The van der Waals surface area contributed by atoms with E-state index in [9.17, 15) is 4.79 Å². The highest BCUT2D eigenvalue weighted by atomic mass is 16.2. The summed E-state index contributed by atoms with van der Waals surface area (Å²) in [5, 5.41) is 2.97. The van der Waals surface area contributed by atoms with Crippen molar-refractivity contribution >= 4 is 11.7 Å². The van der Waals surface area contributed by atoms with Crippen molar-refractivity contribution in [2.24, 2.45) is 0 Å². The molecule has 0 atom stereocenters. The molecule has 4 nitrogen and oxygen atoms in total. The molecular weight excluding hydrogens is 226 g/mol. The second kappa shape index (κ2) is 3.99. The van der Waals surface area contributed by atoms with Crippen molar-refractivity contribution in [3.63, 3.8) is 0 Å². The maximum Gasteiger partial charge on any atom is 0.322 e. The van der Waals surface area contributed by atoms with Gasteiger partial charge in [-0.3, -0.25) is 0 Å². The van der Waals surface area contributed by atoms with Gasteiger partial charge in [0.1, 0.15) is 0 Å². The molecule has 2 aliphatic rings. The number of urea groups is 1. The SMILES string of the molecule is CN1CCC2(CC1)c1ccccc1NC(=O)N2C. The van der Waals surface area contributed by atoms with Crippen LogP contribution >= 0.6 is 0 Å². The number of amides is 2. The number of hydrogen-bond donors (Lipinski definition) is 1. The van der Waals surface area contributed by atoms with E-state index in [4.69, 9.17) is 0 Å². The van der Waals surface area contributed by atoms with E-state index < -0.39 is 0 Å². The third kappa shape index (κ3) is 1.52. The number of likely N-dealkylation sites (tertiary alicyclic amines) is 1. The molecule has 0 unspecified atom stereocenters. The van der Waals surface area contributed by atoms with Crippen LogP contribution in [0.2, 0.25) is 0 Å². The van der Waals surface area contributed by atoms with Gasteiger partial charge in [-0.05, 0) is 26.0 Å². The first-order valence-electron chi connectivity index (χ1n) is 6.46. The quantitative estimate of drug-likeness (QED) is 0.759. The summed E-state index contributed by atoms with van der Waals surface area (Å²) in [5.74, 6) is 0. The van der Waals surface area contributed by atoms with Gasteiger partial charge >= 0.3 is 6.03 Å². The smallest absolute Gasteiger partial charge is 0.318 e. The van der Waals surface area contributed by atoms with E-state index in [1.807, 2.05) is 24.1 Å². The van der Waals surface area contributed by atoms with Crippen molar-refractivity contribution in [3.8, 4) is 0 Å². The number of fused-ring (bicyclic) bond motifs is 2. The van der Waals surface area contributed by atoms with Crippen LogP contribution in [0.3, 0.4) is 0 Å². The number of benzene rings is 1. The highest BCUT2D eigenvalue weighted by Crippen LogP contribution is 2.44. The molecule has 1 saturated heterocycles. The Morgan fingerprint density at radius 1 is 1.17 bits per heavy atom. The molecule has 1 fully saturated rings. The topological polar surface area (TPSA) is 35.6 Å². The number of nitrogens with one attached hydrogen (secondary N) is 1. The third-order valence-electron chi connectivity index (χ3n) is 4.43. The van der Waals surface area contributed by atoms with Crippen molar-refractivity contribution in [2.75, 3.05) is 32.5 Å². The Bertz CT molecular complexity index is 478. The predicted molar refractivity (Wildman–Crippen MR) is 71.6 cm³/mol. The lowest BCUT2D eigenvalue weighted by atomic mass is 9.78. The molecule has 1 spiro atoms. The normalized spacial score (nSPS) is 22.8. The van der Waals surface area contributed by atoms with Gasteiger partial charge in [0, 0.05) is 31.4 Å². The van der Waals surface area contributed by atoms with Crippen LogP contribution in [-0.4, -0.2) is 43.0 Å². The molecule has 3 rings (SSSR count). The van der Waals surface area contributed by atoms with Gasteiger partial charge in [0.15, 0.2) is 0 Å². The summed E-state index contributed by atoms with van der Waals surface area (Å²) >= 11 is 0. The molecule has 2 aliphatic heterocycles. The van der Waals surface area contributed by atoms with Crippen LogP contribution in [0.4, 0.5) is 10.5 Å². The van der Waals surface area contributed by atoms with Gasteiger partial charge in [-0.2, -0.15) is 0 Å². The third-order valence-corrected chi connectivity index (χ3v) is 4.43. The highest BCUT2D eigenvalue weighted by Gasteiger charge is 2.45. The molecule has 0 aliphatic carbocycles. The molecule has 0 saturated carbocycles. The van der Waals surface area contributed by atoms with E-state index in [1.165, 1.54) is 5.56 Å². The summed E-state index contributed by atoms with van der Waals surface area (Å²) in [6, 6.07) is 8.20. The first-order chi connectivity index (χ1) is 8.63. The van der Waals surface area contributed by atoms with Crippen molar-refractivity contribution in [1.82, 2.24) is 9.80 Å². The second-order valence-electron chi connectivity index (χ2n) is 5.37. The lowest BCUT2D eigenvalue weighted by Crippen LogP contribution is -2.57. The van der Waals surface area contributed by atoms with Crippen molar-refractivity contribution in [2.45, 2.75) is 18.4 Å². The summed E-state index contributed by atoms with van der Waals surface area (Å²) in [6.07, 6.45) is 2.01. The average Bonchev–Trinajstić information content (AvgIpc) is 2.39. The monoisotopic (exact) mass is 245 g/mol. The number of carbonyl (C=O) groups is 1. The van der Waals surface area contributed by atoms with Crippen LogP contribution < -0.4 is 5.32 Å². The standard InChI is InChI=1S/C14H19N3O/c1-16-9-7-14(8-10-16)11-5-3-4-6-12(11)15-13(18)17(14)2/h3-6H,7-10H2,1-2H3,(H,15,18). The molecular formula is C14H19N3O. The summed E-state index contributed by atoms with van der Waals surface area (Å²) < 4.78 is 0. The zero-order chi connectivity index (χ0) is 12.8. The van der Waals surface area contributed by atoms with E-state index in [1.54, 1.807) is 0 Å². The van der Waals surface area contributed by atoms with Crippen LogP contribution in [0.25, 0.3) is 0 Å². The molecule has 96 valence electrons. The van der Waals surface area contributed by atoms with Gasteiger partial charge in [0.25, 0.3) is 0 Å². The molecule has 2 amide bonds. The van der Waals surface area contributed by atoms with Gasteiger partial charge in [0.2, 0.25) is 0 Å². The zero-order valence-corrected chi connectivity index (χ0v) is 10.9. The fourth-order valence-corrected chi connectivity index (χ4v) is 3.17. The van der Waals surface area contributed by atoms with Crippen LogP contribution in [0.1, 0.15) is 18.4 Å². The van der Waals surface area contributed by atoms with Gasteiger partial charge in [-0.25, -0.2) is 4.79 Å². The van der Waals surface area contributed by atoms with Gasteiger partial charge in [0.05, 0.1) is 5.54 Å². The number of hydrogen-bond acceptors (Lipinski definition) is 2. The Labute approximate surface area is 108 Å². The summed E-state index contributed by atoms with van der Waals surface area (Å²) in [6.45, 7) is 2.07. The predicted octanol–water partition coefficient (Wildman–Crippen LogP) is 2.08. The van der Waals surface area contributed by atoms with Crippen molar-refractivity contribution in [1.29, 1.82) is 0 Å². The molecule has 0 bridgehead atoms. The molecule has 2 heterocycles. The Morgan fingerprint density at radius 2 is 1.83 bits per heavy atom. The number of carbonyl (C=O) groups excluding carboxylic acids is 1. The van der Waals surface area contributed by atoms with Crippen LogP contribution in [0.15, 0.2) is 24.3 Å². The Morgan fingerprint density at radius 3 is 2.56 bits per heavy atom. The molecule has 0 radical (unpaired) electrons. The summed E-state index contributed by atoms with van der Waals surface area (Å²) in [7, 11) is 4.05. The fraction of sp³-hybridized carbons (Fsp3) is 0.500. The Balaban J connectivity index is 2.09. The number of rotatable bonds is 0. The van der Waals surface area contributed by atoms with Gasteiger partial charge < -0.3 is 15.1 Å². The first kappa shape index (κ1) is 11.5. The van der Waals surface area contributed by atoms with Crippen LogP contribution in [0.5, 0.6) is 0 Å². The molecule has 1 N–H and O–H groups in total. The summed E-state index contributed by atoms with van der Waals surface area (Å²) in [4.78, 5) is 16.3. The second-order valence-corrected chi connectivity index (χ2v) is 5.37. The molecule has 18 heavy (non-hydrogen) atoms. The molecule has 4 heteroatoms. The number of anilines is 1. The number of piperidine rings is 1. The molecule has 0 aromatic heterocycles. The first-order valence-corrected chi connectivity index (χ1v) is 6.46. The minimum atomic E-state index is -0.120.